The SMILES string of the molecule is CC1CCCC(CN)N1C(C)c1cccs1. The molecule has 0 amide bonds. The Morgan fingerprint density at radius 1 is 1.56 bits per heavy atom. The molecule has 1 fully saturated rings. The van der Waals surface area contributed by atoms with Crippen molar-refractivity contribution in [1.29, 1.82) is 0 Å². The molecule has 0 aliphatic carbocycles. The molecule has 0 spiro atoms. The summed E-state index contributed by atoms with van der Waals surface area (Å²) in [4.78, 5) is 4.09. The second-order valence-corrected chi connectivity index (χ2v) is 5.79. The number of thiophene rings is 1. The van der Waals surface area contributed by atoms with Gasteiger partial charge in [0.2, 0.25) is 0 Å². The fourth-order valence-corrected chi connectivity index (χ4v) is 3.71. The first-order valence-corrected chi connectivity index (χ1v) is 7.13. The number of nitrogens with two attached hydrogens (primary N) is 1. The molecule has 0 bridgehead atoms. The Morgan fingerprint density at radius 2 is 2.38 bits per heavy atom. The minimum atomic E-state index is 0.517. The van der Waals surface area contributed by atoms with Crippen molar-refractivity contribution >= 4 is 11.3 Å². The highest BCUT2D eigenvalue weighted by molar-refractivity contribution is 7.10. The number of rotatable bonds is 3. The Hall–Kier alpha value is -0.380. The van der Waals surface area contributed by atoms with Gasteiger partial charge in [-0.2, -0.15) is 0 Å². The van der Waals surface area contributed by atoms with E-state index < -0.39 is 0 Å². The van der Waals surface area contributed by atoms with E-state index in [9.17, 15) is 0 Å². The maximum absolute atomic E-state index is 5.91. The first-order chi connectivity index (χ1) is 7.74. The van der Waals surface area contributed by atoms with Crippen LogP contribution >= 0.6 is 11.3 Å². The zero-order chi connectivity index (χ0) is 11.5. The fourth-order valence-electron chi connectivity index (χ4n) is 2.92. The third-order valence-corrected chi connectivity index (χ3v) is 4.81. The van der Waals surface area contributed by atoms with Gasteiger partial charge in [-0.15, -0.1) is 11.3 Å². The zero-order valence-electron chi connectivity index (χ0n) is 10.2. The summed E-state index contributed by atoms with van der Waals surface area (Å²) in [5.41, 5.74) is 5.91. The van der Waals surface area contributed by atoms with Gasteiger partial charge >= 0.3 is 0 Å². The van der Waals surface area contributed by atoms with Crippen LogP contribution < -0.4 is 5.73 Å². The summed E-state index contributed by atoms with van der Waals surface area (Å²) in [7, 11) is 0. The predicted molar refractivity (Wildman–Crippen MR) is 70.7 cm³/mol. The van der Waals surface area contributed by atoms with Crippen molar-refractivity contribution in [2.24, 2.45) is 5.73 Å². The highest BCUT2D eigenvalue weighted by atomic mass is 32.1. The van der Waals surface area contributed by atoms with E-state index in [0.29, 0.717) is 18.1 Å². The van der Waals surface area contributed by atoms with Crippen LogP contribution in [0.25, 0.3) is 0 Å². The summed E-state index contributed by atoms with van der Waals surface area (Å²) in [5.74, 6) is 0. The molecular weight excluding hydrogens is 216 g/mol. The summed E-state index contributed by atoms with van der Waals surface area (Å²) < 4.78 is 0. The lowest BCUT2D eigenvalue weighted by atomic mass is 9.94. The predicted octanol–water partition coefficient (Wildman–Crippen LogP) is 3.01. The molecule has 2 heterocycles. The van der Waals surface area contributed by atoms with E-state index in [2.05, 4.69) is 36.3 Å². The van der Waals surface area contributed by atoms with Crippen LogP contribution in [-0.2, 0) is 0 Å². The third-order valence-electron chi connectivity index (χ3n) is 3.76. The lowest BCUT2D eigenvalue weighted by molar-refractivity contribution is 0.0585. The van der Waals surface area contributed by atoms with E-state index in [1.807, 2.05) is 11.3 Å². The molecule has 3 unspecified atom stereocenters. The topological polar surface area (TPSA) is 29.3 Å². The lowest BCUT2D eigenvalue weighted by Gasteiger charge is -2.43. The van der Waals surface area contributed by atoms with Gasteiger partial charge in [-0.1, -0.05) is 12.5 Å². The number of piperidine rings is 1. The molecule has 1 aliphatic heterocycles. The number of hydrogen-bond donors (Lipinski definition) is 1. The van der Waals surface area contributed by atoms with Crippen LogP contribution in [0.3, 0.4) is 0 Å². The van der Waals surface area contributed by atoms with Gasteiger partial charge in [-0.05, 0) is 38.1 Å². The molecule has 0 radical (unpaired) electrons. The highest BCUT2D eigenvalue weighted by Crippen LogP contribution is 2.33. The van der Waals surface area contributed by atoms with Gasteiger partial charge in [0.25, 0.3) is 0 Å². The second-order valence-electron chi connectivity index (χ2n) is 4.81. The Kier molecular flexibility index (Phi) is 4.00. The summed E-state index contributed by atoms with van der Waals surface area (Å²) in [5, 5.41) is 2.16. The molecule has 1 aromatic heterocycles. The van der Waals surface area contributed by atoms with E-state index in [-0.39, 0.29) is 0 Å². The van der Waals surface area contributed by atoms with Crippen molar-refractivity contribution in [3.63, 3.8) is 0 Å². The van der Waals surface area contributed by atoms with Crippen LogP contribution in [0.15, 0.2) is 17.5 Å². The first-order valence-electron chi connectivity index (χ1n) is 6.25. The van der Waals surface area contributed by atoms with E-state index in [1.165, 1.54) is 24.1 Å². The smallest absolute Gasteiger partial charge is 0.0419 e. The molecular formula is C13H22N2S. The molecule has 0 aromatic carbocycles. The average Bonchev–Trinajstić information content (AvgIpc) is 2.81. The van der Waals surface area contributed by atoms with Crippen molar-refractivity contribution in [3.8, 4) is 0 Å². The Morgan fingerprint density at radius 3 is 3.00 bits per heavy atom. The number of likely N-dealkylation sites (tertiary alicyclic amines) is 1. The van der Waals surface area contributed by atoms with Crippen LogP contribution in [-0.4, -0.2) is 23.5 Å². The van der Waals surface area contributed by atoms with E-state index >= 15 is 0 Å². The van der Waals surface area contributed by atoms with E-state index in [1.54, 1.807) is 0 Å². The maximum atomic E-state index is 5.91. The number of hydrogen-bond acceptors (Lipinski definition) is 3. The number of nitrogens with zero attached hydrogens (tertiary/aromatic N) is 1. The first kappa shape index (κ1) is 12.1. The second kappa shape index (κ2) is 5.30. The molecule has 2 rings (SSSR count). The van der Waals surface area contributed by atoms with Crippen LogP contribution in [0.1, 0.15) is 44.0 Å². The van der Waals surface area contributed by atoms with Crippen LogP contribution in [0.2, 0.25) is 0 Å². The maximum Gasteiger partial charge on any atom is 0.0419 e. The van der Waals surface area contributed by atoms with Gasteiger partial charge in [0.15, 0.2) is 0 Å². The van der Waals surface area contributed by atoms with Gasteiger partial charge in [0.05, 0.1) is 0 Å². The van der Waals surface area contributed by atoms with Crippen molar-refractivity contribution in [2.75, 3.05) is 6.54 Å². The van der Waals surface area contributed by atoms with Crippen molar-refractivity contribution in [3.05, 3.63) is 22.4 Å². The fraction of sp³-hybridized carbons (Fsp3) is 0.692. The molecule has 2 nitrogen and oxygen atoms in total. The zero-order valence-corrected chi connectivity index (χ0v) is 11.0. The minimum absolute atomic E-state index is 0.517. The molecule has 0 saturated carbocycles. The van der Waals surface area contributed by atoms with Gasteiger partial charge < -0.3 is 5.73 Å². The third kappa shape index (κ3) is 2.31. The molecule has 16 heavy (non-hydrogen) atoms. The lowest BCUT2D eigenvalue weighted by Crippen LogP contribution is -2.49. The molecule has 1 aromatic rings. The largest absolute Gasteiger partial charge is 0.329 e. The van der Waals surface area contributed by atoms with Crippen LogP contribution in [0, 0.1) is 0 Å². The van der Waals surface area contributed by atoms with Gasteiger partial charge in [-0.25, -0.2) is 0 Å². The Bertz CT molecular complexity index is 310. The van der Waals surface area contributed by atoms with Gasteiger partial charge in [0.1, 0.15) is 0 Å². The van der Waals surface area contributed by atoms with E-state index in [0.717, 1.165) is 6.54 Å². The molecule has 3 heteroatoms. The summed E-state index contributed by atoms with van der Waals surface area (Å²) >= 11 is 1.86. The normalized spacial score (nSPS) is 29.2. The van der Waals surface area contributed by atoms with Crippen molar-refractivity contribution < 1.29 is 0 Å². The van der Waals surface area contributed by atoms with Crippen LogP contribution in [0.4, 0.5) is 0 Å². The highest BCUT2D eigenvalue weighted by Gasteiger charge is 2.31. The van der Waals surface area contributed by atoms with Crippen molar-refractivity contribution in [1.82, 2.24) is 4.90 Å². The molecule has 3 atom stereocenters. The molecule has 1 saturated heterocycles. The van der Waals surface area contributed by atoms with Gasteiger partial charge in [-0.3, -0.25) is 4.90 Å². The van der Waals surface area contributed by atoms with Gasteiger partial charge in [0, 0.05) is 29.5 Å². The molecule has 1 aliphatic rings. The average molecular weight is 238 g/mol. The van der Waals surface area contributed by atoms with Crippen molar-refractivity contribution in [2.45, 2.75) is 51.2 Å². The van der Waals surface area contributed by atoms with E-state index in [4.69, 9.17) is 5.73 Å². The summed E-state index contributed by atoms with van der Waals surface area (Å²) in [6.45, 7) is 5.45. The van der Waals surface area contributed by atoms with Crippen LogP contribution in [0.5, 0.6) is 0 Å². The molecule has 90 valence electrons. The standard InChI is InChI=1S/C13H22N2S/c1-10-5-3-6-12(9-14)15(10)11(2)13-7-4-8-16-13/h4,7-8,10-12H,3,5-6,9,14H2,1-2H3. The quantitative estimate of drug-likeness (QED) is 0.877. The summed E-state index contributed by atoms with van der Waals surface area (Å²) in [6, 6.07) is 6.14. The minimum Gasteiger partial charge on any atom is -0.329 e. The Balaban J connectivity index is 2.15. The molecule has 2 N–H and O–H groups in total. The monoisotopic (exact) mass is 238 g/mol. The summed E-state index contributed by atoms with van der Waals surface area (Å²) in [6.07, 6.45) is 3.90. The Labute approximate surface area is 102 Å².